The number of benzene rings is 1. The minimum absolute atomic E-state index is 0.0100. The SMILES string of the molecule is CC(C)c1nccn1CCC(=O)N1C[C@@H](N)[C@H](c2ccccc2)C1. The maximum absolute atomic E-state index is 12.6. The van der Waals surface area contributed by atoms with E-state index in [-0.39, 0.29) is 17.9 Å². The van der Waals surface area contributed by atoms with Crippen LogP contribution >= 0.6 is 0 Å². The second-order valence-corrected chi connectivity index (χ2v) is 6.86. The molecule has 5 nitrogen and oxygen atoms in total. The van der Waals surface area contributed by atoms with Gasteiger partial charge in [0.05, 0.1) is 0 Å². The van der Waals surface area contributed by atoms with Crippen molar-refractivity contribution in [1.29, 1.82) is 0 Å². The summed E-state index contributed by atoms with van der Waals surface area (Å²) in [6.07, 6.45) is 4.24. The van der Waals surface area contributed by atoms with Crippen LogP contribution in [0.4, 0.5) is 0 Å². The number of carbonyl (C=O) groups excluding carboxylic acids is 1. The zero-order chi connectivity index (χ0) is 17.1. The molecule has 2 N–H and O–H groups in total. The molecule has 1 aliphatic rings. The number of rotatable bonds is 5. The number of hydrogen-bond donors (Lipinski definition) is 1. The van der Waals surface area contributed by atoms with E-state index in [1.807, 2.05) is 29.3 Å². The molecule has 1 amide bonds. The Labute approximate surface area is 143 Å². The topological polar surface area (TPSA) is 64.2 Å². The molecule has 5 heteroatoms. The first-order valence-electron chi connectivity index (χ1n) is 8.65. The maximum atomic E-state index is 12.6. The molecule has 0 spiro atoms. The average Bonchev–Trinajstić information content (AvgIpc) is 3.20. The van der Waals surface area contributed by atoms with E-state index in [1.165, 1.54) is 5.56 Å². The molecule has 3 rings (SSSR count). The van der Waals surface area contributed by atoms with Gasteiger partial charge in [0.2, 0.25) is 5.91 Å². The molecule has 0 radical (unpaired) electrons. The summed E-state index contributed by atoms with van der Waals surface area (Å²) in [7, 11) is 0. The molecule has 1 fully saturated rings. The minimum atomic E-state index is 0.0100. The molecular weight excluding hydrogens is 300 g/mol. The normalized spacial score (nSPS) is 20.8. The van der Waals surface area contributed by atoms with Crippen molar-refractivity contribution in [2.45, 2.75) is 44.7 Å². The Balaban J connectivity index is 1.59. The molecule has 1 saturated heterocycles. The van der Waals surface area contributed by atoms with Gasteiger partial charge in [-0.2, -0.15) is 0 Å². The fourth-order valence-corrected chi connectivity index (χ4v) is 3.47. The third-order valence-electron chi connectivity index (χ3n) is 4.78. The van der Waals surface area contributed by atoms with Gasteiger partial charge in [-0.05, 0) is 5.56 Å². The third kappa shape index (κ3) is 3.51. The maximum Gasteiger partial charge on any atom is 0.224 e. The molecule has 128 valence electrons. The zero-order valence-electron chi connectivity index (χ0n) is 14.4. The standard InChI is InChI=1S/C19H26N4O/c1-14(2)19-21-9-11-22(19)10-8-18(24)23-12-16(17(20)13-23)15-6-4-3-5-7-15/h3-7,9,11,14,16-17H,8,10,12-13,20H2,1-2H3/t16-,17+/m0/s1. The number of aryl methyl sites for hydroxylation is 1. The molecule has 1 aromatic carbocycles. The molecule has 2 aromatic rings. The van der Waals surface area contributed by atoms with Crippen LogP contribution in [0.5, 0.6) is 0 Å². The summed E-state index contributed by atoms with van der Waals surface area (Å²) in [5.41, 5.74) is 7.50. The van der Waals surface area contributed by atoms with Gasteiger partial charge in [-0.3, -0.25) is 4.79 Å². The van der Waals surface area contributed by atoms with Crippen molar-refractivity contribution >= 4 is 5.91 Å². The van der Waals surface area contributed by atoms with Gasteiger partial charge in [0, 0.05) is 56.3 Å². The van der Waals surface area contributed by atoms with Crippen molar-refractivity contribution in [2.75, 3.05) is 13.1 Å². The molecule has 0 bridgehead atoms. The predicted molar refractivity (Wildman–Crippen MR) is 94.7 cm³/mol. The molecule has 1 aliphatic heterocycles. The Kier molecular flexibility index (Phi) is 5.00. The first-order chi connectivity index (χ1) is 11.6. The van der Waals surface area contributed by atoms with E-state index >= 15 is 0 Å². The van der Waals surface area contributed by atoms with Crippen molar-refractivity contribution < 1.29 is 4.79 Å². The van der Waals surface area contributed by atoms with Crippen LogP contribution in [-0.2, 0) is 11.3 Å². The largest absolute Gasteiger partial charge is 0.340 e. The molecule has 0 aliphatic carbocycles. The van der Waals surface area contributed by atoms with E-state index in [2.05, 4.69) is 35.5 Å². The lowest BCUT2D eigenvalue weighted by Gasteiger charge is -2.17. The number of imidazole rings is 1. The number of nitrogens with two attached hydrogens (primary N) is 1. The number of nitrogens with zero attached hydrogens (tertiary/aromatic N) is 3. The average molecular weight is 326 g/mol. The number of amides is 1. The lowest BCUT2D eigenvalue weighted by molar-refractivity contribution is -0.130. The smallest absolute Gasteiger partial charge is 0.224 e. The number of carbonyl (C=O) groups is 1. The first kappa shape index (κ1) is 16.7. The summed E-state index contributed by atoms with van der Waals surface area (Å²) in [6.45, 7) is 6.26. The van der Waals surface area contributed by atoms with E-state index in [0.717, 1.165) is 5.82 Å². The molecular formula is C19H26N4O. The highest BCUT2D eigenvalue weighted by molar-refractivity contribution is 5.76. The van der Waals surface area contributed by atoms with Gasteiger partial charge in [-0.15, -0.1) is 0 Å². The number of hydrogen-bond acceptors (Lipinski definition) is 3. The summed E-state index contributed by atoms with van der Waals surface area (Å²) in [5, 5.41) is 0. The highest BCUT2D eigenvalue weighted by atomic mass is 16.2. The number of aromatic nitrogens is 2. The van der Waals surface area contributed by atoms with Gasteiger partial charge < -0.3 is 15.2 Å². The van der Waals surface area contributed by atoms with Crippen LogP contribution in [0.1, 0.15) is 43.5 Å². The van der Waals surface area contributed by atoms with Crippen molar-refractivity contribution in [3.05, 3.63) is 54.1 Å². The van der Waals surface area contributed by atoms with Crippen LogP contribution in [0, 0.1) is 0 Å². The first-order valence-corrected chi connectivity index (χ1v) is 8.65. The van der Waals surface area contributed by atoms with Crippen LogP contribution in [-0.4, -0.2) is 39.5 Å². The van der Waals surface area contributed by atoms with E-state index in [4.69, 9.17) is 5.73 Å². The Morgan fingerprint density at radius 1 is 1.29 bits per heavy atom. The molecule has 1 aromatic heterocycles. The quantitative estimate of drug-likeness (QED) is 0.917. The Morgan fingerprint density at radius 2 is 2.04 bits per heavy atom. The van der Waals surface area contributed by atoms with Gasteiger partial charge in [-0.25, -0.2) is 4.98 Å². The minimum Gasteiger partial charge on any atom is -0.340 e. The zero-order valence-corrected chi connectivity index (χ0v) is 14.4. The van der Waals surface area contributed by atoms with E-state index in [0.29, 0.717) is 32.0 Å². The molecule has 0 unspecified atom stereocenters. The lowest BCUT2D eigenvalue weighted by Crippen LogP contribution is -2.32. The van der Waals surface area contributed by atoms with Gasteiger partial charge in [0.15, 0.2) is 0 Å². The van der Waals surface area contributed by atoms with Crippen molar-refractivity contribution in [3.63, 3.8) is 0 Å². The van der Waals surface area contributed by atoms with Crippen molar-refractivity contribution in [2.24, 2.45) is 5.73 Å². The summed E-state index contributed by atoms with van der Waals surface area (Å²) >= 11 is 0. The van der Waals surface area contributed by atoms with Crippen molar-refractivity contribution in [3.8, 4) is 0 Å². The Bertz CT molecular complexity index is 680. The van der Waals surface area contributed by atoms with Crippen LogP contribution in [0.3, 0.4) is 0 Å². The monoisotopic (exact) mass is 326 g/mol. The van der Waals surface area contributed by atoms with Crippen LogP contribution in [0.2, 0.25) is 0 Å². The van der Waals surface area contributed by atoms with E-state index < -0.39 is 0 Å². The highest BCUT2D eigenvalue weighted by Gasteiger charge is 2.33. The molecule has 24 heavy (non-hydrogen) atoms. The molecule has 0 saturated carbocycles. The summed E-state index contributed by atoms with van der Waals surface area (Å²) < 4.78 is 2.08. The fraction of sp³-hybridized carbons (Fsp3) is 0.474. The predicted octanol–water partition coefficient (Wildman–Crippen LogP) is 2.35. The summed E-state index contributed by atoms with van der Waals surface area (Å²) in [4.78, 5) is 18.9. The van der Waals surface area contributed by atoms with Gasteiger partial charge in [-0.1, -0.05) is 44.2 Å². The van der Waals surface area contributed by atoms with Crippen LogP contribution < -0.4 is 5.73 Å². The summed E-state index contributed by atoms with van der Waals surface area (Å²) in [6, 6.07) is 10.3. The highest BCUT2D eigenvalue weighted by Crippen LogP contribution is 2.26. The van der Waals surface area contributed by atoms with Gasteiger partial charge in [0.25, 0.3) is 0 Å². The van der Waals surface area contributed by atoms with E-state index in [1.54, 1.807) is 6.20 Å². The van der Waals surface area contributed by atoms with Crippen LogP contribution in [0.25, 0.3) is 0 Å². The summed E-state index contributed by atoms with van der Waals surface area (Å²) in [5.74, 6) is 1.79. The second kappa shape index (κ2) is 7.18. The van der Waals surface area contributed by atoms with Gasteiger partial charge in [0.1, 0.15) is 5.82 Å². The Morgan fingerprint density at radius 3 is 2.75 bits per heavy atom. The van der Waals surface area contributed by atoms with Gasteiger partial charge >= 0.3 is 0 Å². The third-order valence-corrected chi connectivity index (χ3v) is 4.78. The fourth-order valence-electron chi connectivity index (χ4n) is 3.47. The lowest BCUT2D eigenvalue weighted by atomic mass is 9.95. The second-order valence-electron chi connectivity index (χ2n) is 6.86. The molecule has 2 atom stereocenters. The number of likely N-dealkylation sites (tertiary alicyclic amines) is 1. The van der Waals surface area contributed by atoms with Crippen molar-refractivity contribution in [1.82, 2.24) is 14.5 Å². The van der Waals surface area contributed by atoms with Crippen LogP contribution in [0.15, 0.2) is 42.7 Å². The molecule has 2 heterocycles. The van der Waals surface area contributed by atoms with E-state index in [9.17, 15) is 4.79 Å². The Hall–Kier alpha value is -2.14.